The van der Waals surface area contributed by atoms with Gasteiger partial charge in [-0.05, 0) is 49.4 Å². The number of rotatable bonds is 7. The van der Waals surface area contributed by atoms with Crippen LogP contribution < -0.4 is 10.6 Å². The Morgan fingerprint density at radius 1 is 1.00 bits per heavy atom. The van der Waals surface area contributed by atoms with Gasteiger partial charge < -0.3 is 29.1 Å². The second kappa shape index (κ2) is 10.6. The first-order chi connectivity index (χ1) is 17.4. The van der Waals surface area contributed by atoms with Gasteiger partial charge in [-0.15, -0.1) is 0 Å². The lowest BCUT2D eigenvalue weighted by Gasteiger charge is -2.15. The van der Waals surface area contributed by atoms with Crippen LogP contribution >= 0.6 is 0 Å². The van der Waals surface area contributed by atoms with Crippen LogP contribution in [0.25, 0.3) is 6.08 Å². The molecule has 0 aliphatic carbocycles. The van der Waals surface area contributed by atoms with Crippen molar-refractivity contribution in [2.75, 3.05) is 12.4 Å². The van der Waals surface area contributed by atoms with Crippen LogP contribution in [-0.2, 0) is 37.0 Å². The lowest BCUT2D eigenvalue weighted by Crippen LogP contribution is -2.34. The van der Waals surface area contributed by atoms with E-state index in [-0.39, 0.29) is 30.0 Å². The number of carbonyl (C=O) groups excluding carboxylic acids is 4. The number of benzene rings is 1. The SMILES string of the molecule is COC(=O)C1=C(C)N(Cc2ccco2)C(=O)/C1=C\c1ccc(CNC(=O)C(=O)Nc2ccccc2)o1. The molecule has 0 spiro atoms. The van der Waals surface area contributed by atoms with E-state index in [0.717, 1.165) is 0 Å². The van der Waals surface area contributed by atoms with E-state index in [9.17, 15) is 19.2 Å². The van der Waals surface area contributed by atoms with Gasteiger partial charge in [0.2, 0.25) is 0 Å². The first-order valence-corrected chi connectivity index (χ1v) is 11.0. The first kappa shape index (κ1) is 24.3. The van der Waals surface area contributed by atoms with E-state index >= 15 is 0 Å². The predicted molar refractivity (Wildman–Crippen MR) is 128 cm³/mol. The standard InChI is InChI=1S/C26H23N3O7/c1-16-22(26(33)34-2)21(25(32)29(16)15-20-9-6-12-35-20)13-18-10-11-19(36-18)14-27-23(30)24(31)28-17-7-4-3-5-8-17/h3-13H,14-15H2,1-2H3,(H,27,30)(H,28,31)/b21-13-. The highest BCUT2D eigenvalue weighted by Gasteiger charge is 2.37. The normalized spacial score (nSPS) is 14.3. The summed E-state index contributed by atoms with van der Waals surface area (Å²) in [7, 11) is 1.24. The molecule has 0 bridgehead atoms. The summed E-state index contributed by atoms with van der Waals surface area (Å²) in [4.78, 5) is 51.2. The number of carbonyl (C=O) groups is 4. The minimum Gasteiger partial charge on any atom is -0.467 e. The highest BCUT2D eigenvalue weighted by atomic mass is 16.5. The van der Waals surface area contributed by atoms with Gasteiger partial charge in [-0.1, -0.05) is 18.2 Å². The van der Waals surface area contributed by atoms with Crippen LogP contribution in [0.15, 0.2) is 86.5 Å². The monoisotopic (exact) mass is 489 g/mol. The Balaban J connectivity index is 1.46. The van der Waals surface area contributed by atoms with Crippen LogP contribution in [0.1, 0.15) is 24.2 Å². The van der Waals surface area contributed by atoms with Gasteiger partial charge in [-0.25, -0.2) is 4.79 Å². The summed E-state index contributed by atoms with van der Waals surface area (Å²) in [6.07, 6.45) is 2.94. The molecule has 10 heteroatoms. The number of para-hydroxylation sites is 1. The minimum absolute atomic E-state index is 0.0541. The van der Waals surface area contributed by atoms with Gasteiger partial charge in [0, 0.05) is 11.4 Å². The average Bonchev–Trinajstić information content (AvgIpc) is 3.61. The molecule has 36 heavy (non-hydrogen) atoms. The summed E-state index contributed by atoms with van der Waals surface area (Å²) in [6.45, 7) is 1.75. The van der Waals surface area contributed by atoms with Crippen molar-refractivity contribution in [1.82, 2.24) is 10.2 Å². The number of nitrogens with one attached hydrogen (secondary N) is 2. The summed E-state index contributed by atoms with van der Waals surface area (Å²) in [5, 5.41) is 4.97. The van der Waals surface area contributed by atoms with Gasteiger partial charge in [0.25, 0.3) is 5.91 Å². The molecule has 1 aliphatic heterocycles. The van der Waals surface area contributed by atoms with Crippen molar-refractivity contribution in [2.24, 2.45) is 0 Å². The van der Waals surface area contributed by atoms with Crippen molar-refractivity contribution >= 4 is 35.5 Å². The van der Waals surface area contributed by atoms with Gasteiger partial charge in [-0.3, -0.25) is 14.4 Å². The zero-order valence-corrected chi connectivity index (χ0v) is 19.6. The van der Waals surface area contributed by atoms with Crippen LogP contribution in [0.5, 0.6) is 0 Å². The molecule has 0 fully saturated rings. The van der Waals surface area contributed by atoms with Gasteiger partial charge >= 0.3 is 17.8 Å². The molecule has 0 unspecified atom stereocenters. The lowest BCUT2D eigenvalue weighted by atomic mass is 10.1. The Hall–Kier alpha value is -4.86. The zero-order chi connectivity index (χ0) is 25.7. The molecule has 0 atom stereocenters. The van der Waals surface area contributed by atoms with Crippen LogP contribution in [0.2, 0.25) is 0 Å². The van der Waals surface area contributed by atoms with Crippen LogP contribution in [0.3, 0.4) is 0 Å². The Morgan fingerprint density at radius 2 is 1.78 bits per heavy atom. The summed E-state index contributed by atoms with van der Waals surface area (Å²) in [5.74, 6) is -1.52. The molecule has 0 saturated heterocycles. The fourth-order valence-electron chi connectivity index (χ4n) is 3.64. The minimum atomic E-state index is -0.832. The van der Waals surface area contributed by atoms with Crippen molar-refractivity contribution in [1.29, 1.82) is 0 Å². The molecule has 0 radical (unpaired) electrons. The quantitative estimate of drug-likeness (QED) is 0.296. The maximum absolute atomic E-state index is 13.1. The molecule has 1 aliphatic rings. The maximum Gasteiger partial charge on any atom is 0.340 e. The van der Waals surface area contributed by atoms with E-state index in [2.05, 4.69) is 10.6 Å². The molecular formula is C26H23N3O7. The highest BCUT2D eigenvalue weighted by Crippen LogP contribution is 2.33. The molecule has 2 aromatic heterocycles. The molecule has 4 rings (SSSR count). The van der Waals surface area contributed by atoms with Crippen molar-refractivity contribution in [3.8, 4) is 0 Å². The third-order valence-electron chi connectivity index (χ3n) is 5.43. The Morgan fingerprint density at radius 3 is 2.47 bits per heavy atom. The average molecular weight is 489 g/mol. The number of furan rings is 2. The van der Waals surface area contributed by atoms with E-state index in [4.69, 9.17) is 13.6 Å². The van der Waals surface area contributed by atoms with E-state index in [1.165, 1.54) is 24.3 Å². The number of hydrogen-bond donors (Lipinski definition) is 2. The Labute approximate surface area is 206 Å². The third-order valence-corrected chi connectivity index (χ3v) is 5.43. The smallest absolute Gasteiger partial charge is 0.340 e. The van der Waals surface area contributed by atoms with E-state index in [1.54, 1.807) is 61.5 Å². The van der Waals surface area contributed by atoms with Gasteiger partial charge in [-0.2, -0.15) is 0 Å². The zero-order valence-electron chi connectivity index (χ0n) is 19.6. The molecule has 10 nitrogen and oxygen atoms in total. The highest BCUT2D eigenvalue weighted by molar-refractivity contribution is 6.39. The van der Waals surface area contributed by atoms with Crippen LogP contribution in [0, 0.1) is 0 Å². The van der Waals surface area contributed by atoms with Crippen LogP contribution in [-0.4, -0.2) is 35.7 Å². The summed E-state index contributed by atoms with van der Waals surface area (Å²) >= 11 is 0. The molecule has 1 aromatic carbocycles. The molecule has 2 N–H and O–H groups in total. The Bertz CT molecular complexity index is 1350. The van der Waals surface area contributed by atoms with Gasteiger partial charge in [0.1, 0.15) is 17.3 Å². The van der Waals surface area contributed by atoms with Gasteiger partial charge in [0.05, 0.1) is 37.6 Å². The summed E-state index contributed by atoms with van der Waals surface area (Å²) in [5.41, 5.74) is 1.16. The van der Waals surface area contributed by atoms with Gasteiger partial charge in [0.15, 0.2) is 0 Å². The number of amides is 3. The second-order valence-electron chi connectivity index (χ2n) is 7.79. The summed E-state index contributed by atoms with van der Waals surface area (Å²) < 4.78 is 15.9. The Kier molecular flexibility index (Phi) is 7.15. The van der Waals surface area contributed by atoms with Crippen LogP contribution in [0.4, 0.5) is 5.69 Å². The van der Waals surface area contributed by atoms with Crippen molar-refractivity contribution in [3.05, 3.63) is 95.0 Å². The summed E-state index contributed by atoms with van der Waals surface area (Å²) in [6, 6.07) is 15.2. The molecule has 0 saturated carbocycles. The van der Waals surface area contributed by atoms with Crippen molar-refractivity contribution in [2.45, 2.75) is 20.0 Å². The maximum atomic E-state index is 13.1. The largest absolute Gasteiger partial charge is 0.467 e. The number of anilines is 1. The number of ether oxygens (including phenoxy) is 1. The lowest BCUT2D eigenvalue weighted by molar-refractivity contribution is -0.136. The number of nitrogens with zero attached hydrogens (tertiary/aromatic N) is 1. The van der Waals surface area contributed by atoms with E-state index in [0.29, 0.717) is 22.9 Å². The van der Waals surface area contributed by atoms with Crippen molar-refractivity contribution < 1.29 is 32.7 Å². The molecule has 184 valence electrons. The molecule has 3 heterocycles. The number of allylic oxidation sites excluding steroid dienone is 1. The second-order valence-corrected chi connectivity index (χ2v) is 7.79. The molecule has 3 amide bonds. The number of esters is 1. The fraction of sp³-hybridized carbons (Fsp3) is 0.154. The van der Waals surface area contributed by atoms with Crippen molar-refractivity contribution in [3.63, 3.8) is 0 Å². The number of hydrogen-bond acceptors (Lipinski definition) is 7. The third kappa shape index (κ3) is 5.27. The van der Waals surface area contributed by atoms with E-state index < -0.39 is 23.7 Å². The molecular weight excluding hydrogens is 466 g/mol. The fourth-order valence-corrected chi connectivity index (χ4v) is 3.64. The molecule has 3 aromatic rings. The van der Waals surface area contributed by atoms with E-state index in [1.807, 2.05) is 0 Å². The first-order valence-electron chi connectivity index (χ1n) is 11.0. The predicted octanol–water partition coefficient (Wildman–Crippen LogP) is 3.00. The topological polar surface area (TPSA) is 131 Å². The number of methoxy groups -OCH3 is 1.